The second-order valence-electron chi connectivity index (χ2n) is 7.55. The Balaban J connectivity index is 1.36. The van der Waals surface area contributed by atoms with Crippen molar-refractivity contribution in [3.8, 4) is 11.8 Å². The number of hydrogen-bond donors (Lipinski definition) is 0. The average Bonchev–Trinajstić information content (AvgIpc) is 2.81. The van der Waals surface area contributed by atoms with Crippen molar-refractivity contribution < 1.29 is 9.13 Å². The first-order valence-electron chi connectivity index (χ1n) is 10.4. The highest BCUT2D eigenvalue weighted by atomic mass is 19.1. The minimum atomic E-state index is -0.221. The van der Waals surface area contributed by atoms with Crippen molar-refractivity contribution in [2.45, 2.75) is 19.3 Å². The first-order chi connectivity index (χ1) is 15.2. The predicted molar refractivity (Wildman–Crippen MR) is 124 cm³/mol. The first-order valence-corrected chi connectivity index (χ1v) is 10.4. The molecule has 0 saturated carbocycles. The van der Waals surface area contributed by atoms with Gasteiger partial charge in [-0.3, -0.25) is 4.98 Å². The molecule has 31 heavy (non-hydrogen) atoms. The molecule has 2 nitrogen and oxygen atoms in total. The number of hydrogen-bond acceptors (Lipinski definition) is 2. The lowest BCUT2D eigenvalue weighted by Crippen LogP contribution is -1.98. The van der Waals surface area contributed by atoms with Gasteiger partial charge in [0.05, 0.1) is 6.61 Å². The van der Waals surface area contributed by atoms with Crippen LogP contribution in [0.15, 0.2) is 79.0 Å². The van der Waals surface area contributed by atoms with Gasteiger partial charge in [0.25, 0.3) is 0 Å². The Morgan fingerprint density at radius 1 is 0.742 bits per heavy atom. The fourth-order valence-electron chi connectivity index (χ4n) is 3.44. The summed E-state index contributed by atoms with van der Waals surface area (Å²) in [7, 11) is 1.71. The van der Waals surface area contributed by atoms with Crippen LogP contribution in [0.25, 0.3) is 10.8 Å². The van der Waals surface area contributed by atoms with Gasteiger partial charge in [-0.25, -0.2) is 4.39 Å². The minimum absolute atomic E-state index is 0.221. The fourth-order valence-corrected chi connectivity index (χ4v) is 3.44. The molecule has 1 heterocycles. The van der Waals surface area contributed by atoms with Crippen LogP contribution in [0, 0.1) is 17.7 Å². The van der Waals surface area contributed by atoms with Crippen molar-refractivity contribution in [2.75, 3.05) is 13.7 Å². The van der Waals surface area contributed by atoms with E-state index in [1.165, 1.54) is 23.3 Å². The molecule has 0 saturated heterocycles. The Bertz CT molecular complexity index is 1220. The molecular weight excluding hydrogens is 385 g/mol. The third-order valence-corrected chi connectivity index (χ3v) is 5.26. The van der Waals surface area contributed by atoms with Crippen LogP contribution in [0.5, 0.6) is 0 Å². The van der Waals surface area contributed by atoms with Crippen LogP contribution >= 0.6 is 0 Å². The van der Waals surface area contributed by atoms with E-state index in [2.05, 4.69) is 53.2 Å². The molecule has 4 aromatic rings. The molecule has 0 amide bonds. The third kappa shape index (κ3) is 5.78. The van der Waals surface area contributed by atoms with Gasteiger partial charge in [0.15, 0.2) is 0 Å². The topological polar surface area (TPSA) is 22.1 Å². The second kappa shape index (κ2) is 10.0. The van der Waals surface area contributed by atoms with Crippen molar-refractivity contribution in [1.82, 2.24) is 4.98 Å². The molecule has 0 aliphatic carbocycles. The maximum Gasteiger partial charge on any atom is 0.123 e. The van der Waals surface area contributed by atoms with E-state index in [9.17, 15) is 4.39 Å². The van der Waals surface area contributed by atoms with E-state index in [-0.39, 0.29) is 5.82 Å². The highest BCUT2D eigenvalue weighted by Gasteiger charge is 2.00. The van der Waals surface area contributed by atoms with E-state index in [0.29, 0.717) is 0 Å². The smallest absolute Gasteiger partial charge is 0.123 e. The zero-order chi connectivity index (χ0) is 21.5. The molecule has 0 fully saturated rings. The molecule has 0 bridgehead atoms. The molecule has 4 rings (SSSR count). The fraction of sp³-hybridized carbons (Fsp3) is 0.179. The number of rotatable bonds is 6. The summed E-state index contributed by atoms with van der Waals surface area (Å²) in [6.07, 6.45) is 4.69. The van der Waals surface area contributed by atoms with Gasteiger partial charge in [-0.1, -0.05) is 42.2 Å². The zero-order valence-electron chi connectivity index (χ0n) is 17.6. The standard InChI is InChI=1S/C28H24FNO/c1-31-17-16-24-10-15-28(30-20-24)14-9-22-4-2-21(3-5-22)6-7-23-8-11-26-19-27(29)13-12-25(26)18-23/h2-5,8,10-13,15,18-20H,9,14,16-17H2,1H3. The molecule has 3 aromatic carbocycles. The molecule has 0 atom stereocenters. The summed E-state index contributed by atoms with van der Waals surface area (Å²) in [6.45, 7) is 0.719. The summed E-state index contributed by atoms with van der Waals surface area (Å²) in [6, 6.07) is 23.2. The third-order valence-electron chi connectivity index (χ3n) is 5.26. The van der Waals surface area contributed by atoms with Gasteiger partial charge in [-0.05, 0) is 83.6 Å². The maximum atomic E-state index is 13.3. The van der Waals surface area contributed by atoms with E-state index in [0.717, 1.165) is 53.5 Å². The molecule has 0 aliphatic rings. The number of halogens is 1. The Kier molecular flexibility index (Phi) is 6.72. The summed E-state index contributed by atoms with van der Waals surface area (Å²) >= 11 is 0. The number of ether oxygens (including phenoxy) is 1. The van der Waals surface area contributed by atoms with Gasteiger partial charge in [-0.2, -0.15) is 0 Å². The minimum Gasteiger partial charge on any atom is -0.384 e. The van der Waals surface area contributed by atoms with Gasteiger partial charge in [-0.15, -0.1) is 0 Å². The van der Waals surface area contributed by atoms with Crippen LogP contribution < -0.4 is 0 Å². The quantitative estimate of drug-likeness (QED) is 0.379. The lowest BCUT2D eigenvalue weighted by atomic mass is 10.0. The molecule has 0 radical (unpaired) electrons. The Labute approximate surface area is 182 Å². The molecule has 0 N–H and O–H groups in total. The number of methoxy groups -OCH3 is 1. The summed E-state index contributed by atoms with van der Waals surface area (Å²) in [5, 5.41) is 1.87. The van der Waals surface area contributed by atoms with E-state index < -0.39 is 0 Å². The van der Waals surface area contributed by atoms with Gasteiger partial charge >= 0.3 is 0 Å². The molecular formula is C28H24FNO. The molecule has 3 heteroatoms. The highest BCUT2D eigenvalue weighted by Crippen LogP contribution is 2.17. The van der Waals surface area contributed by atoms with Crippen LogP contribution in [0.3, 0.4) is 0 Å². The monoisotopic (exact) mass is 409 g/mol. The Morgan fingerprint density at radius 2 is 1.45 bits per heavy atom. The zero-order valence-corrected chi connectivity index (χ0v) is 17.6. The molecule has 0 spiro atoms. The number of pyridine rings is 1. The van der Waals surface area contributed by atoms with Crippen LogP contribution in [0.4, 0.5) is 4.39 Å². The number of aromatic nitrogens is 1. The van der Waals surface area contributed by atoms with Crippen LogP contribution in [0.1, 0.15) is 27.9 Å². The molecule has 0 unspecified atom stereocenters. The van der Waals surface area contributed by atoms with Crippen molar-refractivity contribution in [2.24, 2.45) is 0 Å². The summed E-state index contributed by atoms with van der Waals surface area (Å²) in [5.41, 5.74) is 5.46. The van der Waals surface area contributed by atoms with Gasteiger partial charge in [0, 0.05) is 30.1 Å². The maximum absolute atomic E-state index is 13.3. The SMILES string of the molecule is COCCc1ccc(CCc2ccc(C#Cc3ccc4cc(F)ccc4c3)cc2)nc1. The second-order valence-corrected chi connectivity index (χ2v) is 7.55. The molecule has 0 aliphatic heterocycles. The lowest BCUT2D eigenvalue weighted by molar-refractivity contribution is 0.202. The summed E-state index contributed by atoms with van der Waals surface area (Å²) in [4.78, 5) is 4.55. The molecule has 154 valence electrons. The summed E-state index contributed by atoms with van der Waals surface area (Å²) < 4.78 is 18.4. The van der Waals surface area contributed by atoms with Crippen LogP contribution in [-0.2, 0) is 24.0 Å². The normalized spacial score (nSPS) is 10.6. The highest BCUT2D eigenvalue weighted by molar-refractivity contribution is 5.83. The first kappa shape index (κ1) is 20.8. The van der Waals surface area contributed by atoms with E-state index >= 15 is 0 Å². The van der Waals surface area contributed by atoms with Gasteiger partial charge in [0.1, 0.15) is 5.82 Å². The number of fused-ring (bicyclic) bond motifs is 1. The number of nitrogens with zero attached hydrogens (tertiary/aromatic N) is 1. The van der Waals surface area contributed by atoms with Crippen LogP contribution in [-0.4, -0.2) is 18.7 Å². The van der Waals surface area contributed by atoms with Gasteiger partial charge < -0.3 is 4.74 Å². The average molecular weight is 410 g/mol. The Hall–Kier alpha value is -3.48. The molecule has 1 aromatic heterocycles. The predicted octanol–water partition coefficient (Wildman–Crippen LogP) is 5.75. The van der Waals surface area contributed by atoms with Crippen molar-refractivity contribution in [1.29, 1.82) is 0 Å². The Morgan fingerprint density at radius 3 is 2.23 bits per heavy atom. The number of benzene rings is 3. The number of aryl methyl sites for hydroxylation is 2. The van der Waals surface area contributed by atoms with E-state index in [4.69, 9.17) is 4.74 Å². The van der Waals surface area contributed by atoms with Crippen molar-refractivity contribution in [3.63, 3.8) is 0 Å². The van der Waals surface area contributed by atoms with Crippen LogP contribution in [0.2, 0.25) is 0 Å². The summed E-state index contributed by atoms with van der Waals surface area (Å²) in [5.74, 6) is 6.20. The largest absolute Gasteiger partial charge is 0.384 e. The van der Waals surface area contributed by atoms with E-state index in [1.54, 1.807) is 13.2 Å². The van der Waals surface area contributed by atoms with Crippen molar-refractivity contribution >= 4 is 10.8 Å². The van der Waals surface area contributed by atoms with E-state index in [1.807, 2.05) is 24.4 Å². The lowest BCUT2D eigenvalue weighted by Gasteiger charge is -2.04. The van der Waals surface area contributed by atoms with Gasteiger partial charge in [0.2, 0.25) is 0 Å². The van der Waals surface area contributed by atoms with Crippen molar-refractivity contribution in [3.05, 3.63) is 113 Å².